The number of hydrazine groups is 1. The smallest absolute Gasteiger partial charge is 0.123 e. The summed E-state index contributed by atoms with van der Waals surface area (Å²) in [6.07, 6.45) is 4.82. The highest BCUT2D eigenvalue weighted by atomic mass is 19.1. The van der Waals surface area contributed by atoms with E-state index in [0.717, 1.165) is 11.1 Å². The standard InChI is InChI=1S/C16H25FN2/c1-11-10-13(17)4-5-14(11)15(19-18)12-6-8-16(2,3)9-7-12/h4-5,10,12,15,19H,6-9,18H2,1-3H3. The zero-order valence-corrected chi connectivity index (χ0v) is 12.2. The molecular formula is C16H25FN2. The number of nitrogens with two attached hydrogens (primary N) is 1. The van der Waals surface area contributed by atoms with Crippen LogP contribution in [0, 0.1) is 24.1 Å². The first-order valence-corrected chi connectivity index (χ1v) is 7.15. The van der Waals surface area contributed by atoms with Gasteiger partial charge in [0, 0.05) is 6.04 Å². The van der Waals surface area contributed by atoms with E-state index in [1.54, 1.807) is 6.07 Å². The van der Waals surface area contributed by atoms with Gasteiger partial charge in [-0.25, -0.2) is 4.39 Å². The summed E-state index contributed by atoms with van der Waals surface area (Å²) in [6.45, 7) is 6.62. The van der Waals surface area contributed by atoms with Gasteiger partial charge in [-0.05, 0) is 67.2 Å². The van der Waals surface area contributed by atoms with Crippen molar-refractivity contribution in [1.82, 2.24) is 5.43 Å². The van der Waals surface area contributed by atoms with Crippen molar-refractivity contribution in [3.63, 3.8) is 0 Å². The Balaban J connectivity index is 2.16. The van der Waals surface area contributed by atoms with Gasteiger partial charge in [-0.3, -0.25) is 11.3 Å². The second-order valence-electron chi connectivity index (χ2n) is 6.65. The van der Waals surface area contributed by atoms with Gasteiger partial charge >= 0.3 is 0 Å². The molecule has 1 aromatic rings. The molecule has 0 radical (unpaired) electrons. The van der Waals surface area contributed by atoms with Crippen molar-refractivity contribution in [2.75, 3.05) is 0 Å². The number of benzene rings is 1. The molecule has 0 aromatic heterocycles. The second-order valence-corrected chi connectivity index (χ2v) is 6.65. The third-order valence-corrected chi connectivity index (χ3v) is 4.60. The fourth-order valence-corrected chi connectivity index (χ4v) is 3.22. The van der Waals surface area contributed by atoms with E-state index in [2.05, 4.69) is 19.3 Å². The third kappa shape index (κ3) is 3.34. The number of halogens is 1. The molecule has 1 fully saturated rings. The van der Waals surface area contributed by atoms with E-state index in [0.29, 0.717) is 11.3 Å². The molecule has 0 spiro atoms. The van der Waals surface area contributed by atoms with Gasteiger partial charge < -0.3 is 0 Å². The zero-order chi connectivity index (χ0) is 14.0. The maximum atomic E-state index is 13.2. The van der Waals surface area contributed by atoms with Crippen LogP contribution in [-0.2, 0) is 0 Å². The molecule has 0 aliphatic heterocycles. The van der Waals surface area contributed by atoms with Gasteiger partial charge in [0.2, 0.25) is 0 Å². The summed E-state index contributed by atoms with van der Waals surface area (Å²) in [5.41, 5.74) is 5.52. The van der Waals surface area contributed by atoms with E-state index < -0.39 is 0 Å². The average molecular weight is 264 g/mol. The first-order chi connectivity index (χ1) is 8.93. The maximum Gasteiger partial charge on any atom is 0.123 e. The molecule has 19 heavy (non-hydrogen) atoms. The lowest BCUT2D eigenvalue weighted by molar-refractivity contribution is 0.161. The number of aryl methyl sites for hydroxylation is 1. The van der Waals surface area contributed by atoms with Gasteiger partial charge in [0.1, 0.15) is 5.82 Å². The minimum Gasteiger partial charge on any atom is -0.271 e. The molecule has 3 N–H and O–H groups in total. The van der Waals surface area contributed by atoms with Crippen molar-refractivity contribution in [2.45, 2.75) is 52.5 Å². The van der Waals surface area contributed by atoms with E-state index in [1.807, 2.05) is 13.0 Å². The number of hydrogen-bond donors (Lipinski definition) is 2. The molecule has 1 saturated carbocycles. The Hall–Kier alpha value is -0.930. The topological polar surface area (TPSA) is 38.0 Å². The van der Waals surface area contributed by atoms with E-state index in [4.69, 9.17) is 5.84 Å². The minimum absolute atomic E-state index is 0.136. The summed E-state index contributed by atoms with van der Waals surface area (Å²) in [5.74, 6) is 6.13. The average Bonchev–Trinajstić information content (AvgIpc) is 2.34. The molecule has 0 saturated heterocycles. The summed E-state index contributed by atoms with van der Waals surface area (Å²) < 4.78 is 13.2. The second kappa shape index (κ2) is 5.59. The summed E-state index contributed by atoms with van der Waals surface area (Å²) in [7, 11) is 0. The monoisotopic (exact) mass is 264 g/mol. The van der Waals surface area contributed by atoms with Gasteiger partial charge in [-0.15, -0.1) is 0 Å². The highest BCUT2D eigenvalue weighted by molar-refractivity contribution is 5.30. The normalized spacial score (nSPS) is 21.3. The summed E-state index contributed by atoms with van der Waals surface area (Å²) >= 11 is 0. The van der Waals surface area contributed by atoms with Crippen LogP contribution in [0.25, 0.3) is 0 Å². The lowest BCUT2D eigenvalue weighted by atomic mass is 9.70. The van der Waals surface area contributed by atoms with Gasteiger partial charge in [-0.1, -0.05) is 19.9 Å². The van der Waals surface area contributed by atoms with Crippen LogP contribution in [0.3, 0.4) is 0 Å². The lowest BCUT2D eigenvalue weighted by Crippen LogP contribution is -2.37. The predicted octanol–water partition coefficient (Wildman–Crippen LogP) is 3.85. The van der Waals surface area contributed by atoms with Crippen molar-refractivity contribution in [2.24, 2.45) is 17.2 Å². The summed E-state index contributed by atoms with van der Waals surface area (Å²) in [5, 5.41) is 0. The van der Waals surface area contributed by atoms with Crippen molar-refractivity contribution in [3.05, 3.63) is 35.1 Å². The highest BCUT2D eigenvalue weighted by Crippen LogP contribution is 2.42. The minimum atomic E-state index is -0.179. The first kappa shape index (κ1) is 14.5. The van der Waals surface area contributed by atoms with Crippen LogP contribution in [-0.4, -0.2) is 0 Å². The molecular weight excluding hydrogens is 239 g/mol. The molecule has 1 aromatic carbocycles. The summed E-state index contributed by atoms with van der Waals surface area (Å²) in [6, 6.07) is 5.12. The quantitative estimate of drug-likeness (QED) is 0.642. The van der Waals surface area contributed by atoms with Crippen LogP contribution in [0.15, 0.2) is 18.2 Å². The van der Waals surface area contributed by atoms with Gasteiger partial charge in [0.25, 0.3) is 0 Å². The van der Waals surface area contributed by atoms with Crippen molar-refractivity contribution < 1.29 is 4.39 Å². The van der Waals surface area contributed by atoms with Gasteiger partial charge in [-0.2, -0.15) is 0 Å². The van der Waals surface area contributed by atoms with Crippen molar-refractivity contribution in [3.8, 4) is 0 Å². The molecule has 1 unspecified atom stereocenters. The number of rotatable bonds is 3. The lowest BCUT2D eigenvalue weighted by Gasteiger charge is -2.38. The maximum absolute atomic E-state index is 13.2. The van der Waals surface area contributed by atoms with Crippen LogP contribution in [0.1, 0.15) is 56.7 Å². The largest absolute Gasteiger partial charge is 0.271 e. The Kier molecular flexibility index (Phi) is 4.26. The zero-order valence-electron chi connectivity index (χ0n) is 12.2. The summed E-state index contributed by atoms with van der Waals surface area (Å²) in [4.78, 5) is 0. The fourth-order valence-electron chi connectivity index (χ4n) is 3.22. The van der Waals surface area contributed by atoms with Crippen LogP contribution in [0.2, 0.25) is 0 Å². The number of hydrogen-bond acceptors (Lipinski definition) is 2. The molecule has 2 rings (SSSR count). The molecule has 2 nitrogen and oxygen atoms in total. The SMILES string of the molecule is Cc1cc(F)ccc1C(NN)C1CCC(C)(C)CC1. The predicted molar refractivity (Wildman–Crippen MR) is 76.9 cm³/mol. The molecule has 106 valence electrons. The van der Waals surface area contributed by atoms with E-state index in [9.17, 15) is 4.39 Å². The Morgan fingerprint density at radius 2 is 1.95 bits per heavy atom. The van der Waals surface area contributed by atoms with E-state index in [1.165, 1.54) is 31.7 Å². The third-order valence-electron chi connectivity index (χ3n) is 4.60. The van der Waals surface area contributed by atoms with Crippen LogP contribution in [0.4, 0.5) is 4.39 Å². The fraction of sp³-hybridized carbons (Fsp3) is 0.625. The van der Waals surface area contributed by atoms with Gasteiger partial charge in [0.05, 0.1) is 0 Å². The van der Waals surface area contributed by atoms with E-state index in [-0.39, 0.29) is 11.9 Å². The Morgan fingerprint density at radius 3 is 2.47 bits per heavy atom. The van der Waals surface area contributed by atoms with Crippen LogP contribution >= 0.6 is 0 Å². The highest BCUT2D eigenvalue weighted by Gasteiger charge is 2.32. The first-order valence-electron chi connectivity index (χ1n) is 7.15. The molecule has 3 heteroatoms. The Labute approximate surface area is 115 Å². The van der Waals surface area contributed by atoms with Crippen molar-refractivity contribution in [1.29, 1.82) is 0 Å². The molecule has 0 amide bonds. The number of nitrogens with one attached hydrogen (secondary N) is 1. The molecule has 1 aliphatic carbocycles. The molecule has 0 bridgehead atoms. The van der Waals surface area contributed by atoms with Crippen LogP contribution in [0.5, 0.6) is 0 Å². The molecule has 0 heterocycles. The molecule has 1 atom stereocenters. The van der Waals surface area contributed by atoms with E-state index >= 15 is 0 Å². The van der Waals surface area contributed by atoms with Crippen molar-refractivity contribution >= 4 is 0 Å². The Morgan fingerprint density at radius 1 is 1.32 bits per heavy atom. The Bertz CT molecular complexity index is 432. The van der Waals surface area contributed by atoms with Crippen LogP contribution < -0.4 is 11.3 Å². The molecule has 1 aliphatic rings. The van der Waals surface area contributed by atoms with Gasteiger partial charge in [0.15, 0.2) is 0 Å².